The summed E-state index contributed by atoms with van der Waals surface area (Å²) in [5, 5.41) is 0. The number of carbonyl (C=O) groups is 1. The van der Waals surface area contributed by atoms with Gasteiger partial charge < -0.3 is 16.1 Å². The molecule has 0 aliphatic rings. The van der Waals surface area contributed by atoms with Gasteiger partial charge in [-0.3, -0.25) is 4.79 Å². The zero-order chi connectivity index (χ0) is 10.1. The average molecular weight is 190 g/mol. The minimum absolute atomic E-state index is 0. The van der Waals surface area contributed by atoms with E-state index in [4.69, 9.17) is 4.42 Å². The van der Waals surface area contributed by atoms with Crippen LogP contribution in [-0.4, -0.2) is 13.4 Å². The van der Waals surface area contributed by atoms with E-state index in [2.05, 4.69) is 18.6 Å². The molecule has 74 valence electrons. The Morgan fingerprint density at radius 1 is 1.57 bits per heavy atom. The van der Waals surface area contributed by atoms with Gasteiger partial charge in [0.25, 0.3) is 5.95 Å². The predicted octanol–water partition coefficient (Wildman–Crippen LogP) is -0.275. The van der Waals surface area contributed by atoms with Crippen LogP contribution in [0.25, 0.3) is 0 Å². The Bertz CT molecular complexity index is 231. The van der Waals surface area contributed by atoms with Gasteiger partial charge in [-0.2, -0.15) is 6.42 Å². The molecule has 1 heterocycles. The van der Waals surface area contributed by atoms with E-state index in [0.717, 1.165) is 6.42 Å². The molecular weight excluding hydrogens is 175 g/mol. The van der Waals surface area contributed by atoms with Crippen molar-refractivity contribution in [2.24, 2.45) is 0 Å². The Balaban J connectivity index is 0. The van der Waals surface area contributed by atoms with Crippen molar-refractivity contribution >= 4 is 6.29 Å². The van der Waals surface area contributed by atoms with E-state index < -0.39 is 0 Å². The maximum Gasteiger partial charge on any atom is 1.00 e. The van der Waals surface area contributed by atoms with Crippen molar-refractivity contribution in [1.82, 2.24) is 0 Å². The van der Waals surface area contributed by atoms with Gasteiger partial charge in [0.2, 0.25) is 0 Å². The van der Waals surface area contributed by atoms with Gasteiger partial charge in [0, 0.05) is 6.07 Å². The number of furan rings is 1. The molecule has 0 radical (unpaired) electrons. The van der Waals surface area contributed by atoms with Crippen molar-refractivity contribution in [2.75, 3.05) is 7.11 Å². The second-order valence-corrected chi connectivity index (χ2v) is 2.33. The molecule has 14 heavy (non-hydrogen) atoms. The number of carbonyl (C=O) groups excluding carboxylic acids is 1. The minimum atomic E-state index is 0. The summed E-state index contributed by atoms with van der Waals surface area (Å²) in [6, 6.07) is 3.13. The molecule has 1 rings (SSSR count). The SMILES string of the molecule is COc1ccc(C=O)o1.[CH2-]CCC.[Li+]. The Morgan fingerprint density at radius 3 is 2.36 bits per heavy atom. The van der Waals surface area contributed by atoms with Crippen molar-refractivity contribution in [3.8, 4) is 5.95 Å². The first-order valence-corrected chi connectivity index (χ1v) is 4.16. The Kier molecular flexibility index (Phi) is 11.8. The van der Waals surface area contributed by atoms with Crippen LogP contribution in [0.3, 0.4) is 0 Å². The summed E-state index contributed by atoms with van der Waals surface area (Å²) in [7, 11) is 1.48. The second-order valence-electron chi connectivity index (χ2n) is 2.33. The molecule has 0 saturated heterocycles. The van der Waals surface area contributed by atoms with Gasteiger partial charge in [-0.1, -0.05) is 13.3 Å². The molecule has 1 aromatic heterocycles. The van der Waals surface area contributed by atoms with Crippen LogP contribution in [0.1, 0.15) is 30.3 Å². The molecule has 0 aromatic carbocycles. The van der Waals surface area contributed by atoms with E-state index in [1.807, 2.05) is 0 Å². The third kappa shape index (κ3) is 6.82. The van der Waals surface area contributed by atoms with Gasteiger partial charge in [0.15, 0.2) is 12.0 Å². The zero-order valence-corrected chi connectivity index (χ0v) is 9.08. The van der Waals surface area contributed by atoms with Gasteiger partial charge >= 0.3 is 18.9 Å². The number of hydrogen-bond acceptors (Lipinski definition) is 3. The number of hydrogen-bond donors (Lipinski definition) is 0. The summed E-state index contributed by atoms with van der Waals surface area (Å²) in [5.74, 6) is 0.643. The molecule has 0 aliphatic heterocycles. The van der Waals surface area contributed by atoms with E-state index >= 15 is 0 Å². The van der Waals surface area contributed by atoms with Crippen LogP contribution in [0.5, 0.6) is 5.95 Å². The molecule has 0 unspecified atom stereocenters. The topological polar surface area (TPSA) is 39.4 Å². The van der Waals surface area contributed by atoms with E-state index in [1.54, 1.807) is 12.1 Å². The summed E-state index contributed by atoms with van der Waals surface area (Å²) in [6.45, 7) is 5.72. The summed E-state index contributed by atoms with van der Waals surface area (Å²) >= 11 is 0. The number of ether oxygens (including phenoxy) is 1. The summed E-state index contributed by atoms with van der Waals surface area (Å²) in [6.07, 6.45) is 2.91. The van der Waals surface area contributed by atoms with Crippen molar-refractivity contribution in [1.29, 1.82) is 0 Å². The fourth-order valence-corrected chi connectivity index (χ4v) is 0.507. The largest absolute Gasteiger partial charge is 1.00 e. The van der Waals surface area contributed by atoms with Gasteiger partial charge in [-0.25, -0.2) is 0 Å². The molecule has 1 aromatic rings. The van der Waals surface area contributed by atoms with Crippen LogP contribution in [0, 0.1) is 6.92 Å². The van der Waals surface area contributed by atoms with Gasteiger partial charge in [-0.05, 0) is 6.07 Å². The van der Waals surface area contributed by atoms with Crippen LogP contribution in [0.2, 0.25) is 0 Å². The number of aldehydes is 1. The van der Waals surface area contributed by atoms with Gasteiger partial charge in [0.1, 0.15) is 0 Å². The Hall–Kier alpha value is -0.653. The average Bonchev–Trinajstić information content (AvgIpc) is 2.66. The summed E-state index contributed by atoms with van der Waals surface area (Å²) in [4.78, 5) is 9.99. The second kappa shape index (κ2) is 10.4. The smallest absolute Gasteiger partial charge is 0.468 e. The van der Waals surface area contributed by atoms with E-state index in [0.29, 0.717) is 12.2 Å². The molecule has 0 amide bonds. The first kappa shape index (κ1) is 15.8. The normalized spacial score (nSPS) is 7.93. The quantitative estimate of drug-likeness (QED) is 0.374. The monoisotopic (exact) mass is 190 g/mol. The molecule has 0 bridgehead atoms. The zero-order valence-electron chi connectivity index (χ0n) is 9.08. The fourth-order valence-electron chi connectivity index (χ4n) is 0.507. The molecule has 0 atom stereocenters. The third-order valence-electron chi connectivity index (χ3n) is 1.27. The fraction of sp³-hybridized carbons (Fsp3) is 0.400. The molecule has 0 spiro atoms. The predicted molar refractivity (Wildman–Crippen MR) is 50.9 cm³/mol. The summed E-state index contributed by atoms with van der Waals surface area (Å²) in [5.41, 5.74) is 0. The Labute approximate surface area is 97.0 Å². The van der Waals surface area contributed by atoms with E-state index in [9.17, 15) is 4.79 Å². The summed E-state index contributed by atoms with van der Waals surface area (Å²) < 4.78 is 9.46. The molecule has 0 aliphatic carbocycles. The van der Waals surface area contributed by atoms with E-state index in [1.165, 1.54) is 13.5 Å². The molecule has 3 nitrogen and oxygen atoms in total. The van der Waals surface area contributed by atoms with Crippen LogP contribution in [0.4, 0.5) is 0 Å². The molecule has 0 saturated carbocycles. The first-order chi connectivity index (χ1) is 6.28. The third-order valence-corrected chi connectivity index (χ3v) is 1.27. The van der Waals surface area contributed by atoms with Crippen molar-refractivity contribution in [3.05, 3.63) is 24.8 Å². The van der Waals surface area contributed by atoms with Gasteiger partial charge in [-0.15, -0.1) is 0 Å². The molecule has 0 N–H and O–H groups in total. The first-order valence-electron chi connectivity index (χ1n) is 4.16. The van der Waals surface area contributed by atoms with Crippen molar-refractivity contribution in [2.45, 2.75) is 19.8 Å². The van der Waals surface area contributed by atoms with Crippen LogP contribution < -0.4 is 23.6 Å². The standard InChI is InChI=1S/C6H6O3.C4H9.Li/c1-8-6-3-2-5(4-7)9-6;1-3-4-2;/h2-4H,1H3;1,3-4H2,2H3;/q;-1;+1. The van der Waals surface area contributed by atoms with Crippen molar-refractivity contribution < 1.29 is 32.8 Å². The van der Waals surface area contributed by atoms with Crippen molar-refractivity contribution in [3.63, 3.8) is 0 Å². The van der Waals surface area contributed by atoms with E-state index in [-0.39, 0.29) is 24.6 Å². The molecular formula is C10H15LiO3. The molecule has 0 fully saturated rings. The Morgan fingerprint density at radius 2 is 2.14 bits per heavy atom. The van der Waals surface area contributed by atoms with Crippen LogP contribution in [0.15, 0.2) is 16.5 Å². The molecule has 4 heteroatoms. The minimum Gasteiger partial charge on any atom is -0.468 e. The number of methoxy groups -OCH3 is 1. The number of unbranched alkanes of at least 4 members (excludes halogenated alkanes) is 1. The maximum absolute atomic E-state index is 9.99. The number of rotatable bonds is 3. The van der Waals surface area contributed by atoms with Crippen LogP contribution in [-0.2, 0) is 0 Å². The van der Waals surface area contributed by atoms with Gasteiger partial charge in [0.05, 0.1) is 7.11 Å². The van der Waals surface area contributed by atoms with Crippen LogP contribution >= 0.6 is 0 Å². The maximum atomic E-state index is 9.99.